The van der Waals surface area contributed by atoms with Gasteiger partial charge in [0.15, 0.2) is 0 Å². The van der Waals surface area contributed by atoms with E-state index < -0.39 is 0 Å². The second kappa shape index (κ2) is 8.33. The zero-order chi connectivity index (χ0) is 16.5. The Hall–Kier alpha value is -3.15. The number of carbonyl (C=O) groups excluding carboxylic acids is 2. The number of hydrogen-bond acceptors (Lipinski definition) is 4. The number of nitrogens with one attached hydrogen (secondary N) is 2. The third kappa shape index (κ3) is 5.62. The molecule has 118 valence electrons. The van der Waals surface area contributed by atoms with Crippen molar-refractivity contribution >= 4 is 29.4 Å². The molecule has 0 spiro atoms. The van der Waals surface area contributed by atoms with Crippen molar-refractivity contribution in [2.75, 3.05) is 10.6 Å². The lowest BCUT2D eigenvalue weighted by Gasteiger charge is -2.06. The Morgan fingerprint density at radius 2 is 1.39 bits per heavy atom. The fourth-order valence-corrected chi connectivity index (χ4v) is 1.93. The Morgan fingerprint density at radius 3 is 1.91 bits per heavy atom. The maximum absolute atomic E-state index is 11.8. The van der Waals surface area contributed by atoms with E-state index in [1.807, 2.05) is 18.2 Å². The molecule has 0 heterocycles. The minimum atomic E-state index is -0.214. The van der Waals surface area contributed by atoms with E-state index in [9.17, 15) is 9.59 Å². The van der Waals surface area contributed by atoms with Crippen molar-refractivity contribution in [3.63, 3.8) is 0 Å². The number of nitrogens with two attached hydrogens (primary N) is 1. The fourth-order valence-electron chi connectivity index (χ4n) is 1.93. The molecule has 2 rings (SSSR count). The van der Waals surface area contributed by atoms with Gasteiger partial charge in [-0.2, -0.15) is 5.10 Å². The number of para-hydroxylation sites is 1. The average Bonchev–Trinajstić information content (AvgIpc) is 2.56. The van der Waals surface area contributed by atoms with Gasteiger partial charge in [0.2, 0.25) is 11.8 Å². The molecule has 0 atom stereocenters. The molecule has 0 radical (unpaired) electrons. The first-order valence-electron chi connectivity index (χ1n) is 7.15. The number of carbonyl (C=O) groups is 2. The smallest absolute Gasteiger partial charge is 0.224 e. The summed E-state index contributed by atoms with van der Waals surface area (Å²) in [7, 11) is 0. The van der Waals surface area contributed by atoms with Crippen LogP contribution in [-0.4, -0.2) is 18.0 Å². The van der Waals surface area contributed by atoms with Crippen LogP contribution in [0.25, 0.3) is 0 Å². The summed E-state index contributed by atoms with van der Waals surface area (Å²) in [6, 6.07) is 16.2. The molecule has 6 heteroatoms. The molecule has 6 nitrogen and oxygen atoms in total. The van der Waals surface area contributed by atoms with Crippen LogP contribution in [0.3, 0.4) is 0 Å². The standard InChI is InChI=1S/C17H18N4O2/c18-19-12-13-6-8-15(9-7-13)21-17(23)11-10-16(22)20-14-4-2-1-3-5-14/h1-9,12H,10-11,18H2,(H,20,22)(H,21,23)/b19-12+. The number of hydrazone groups is 1. The summed E-state index contributed by atoms with van der Waals surface area (Å²) in [5.74, 6) is 4.66. The predicted molar refractivity (Wildman–Crippen MR) is 91.2 cm³/mol. The number of amides is 2. The van der Waals surface area contributed by atoms with Crippen LogP contribution >= 0.6 is 0 Å². The van der Waals surface area contributed by atoms with E-state index in [0.29, 0.717) is 5.69 Å². The molecule has 0 fully saturated rings. The molecule has 4 N–H and O–H groups in total. The fraction of sp³-hybridized carbons (Fsp3) is 0.118. The van der Waals surface area contributed by atoms with Crippen molar-refractivity contribution in [3.8, 4) is 0 Å². The quantitative estimate of drug-likeness (QED) is 0.434. The van der Waals surface area contributed by atoms with Crippen LogP contribution < -0.4 is 16.5 Å². The van der Waals surface area contributed by atoms with Crippen molar-refractivity contribution < 1.29 is 9.59 Å². The third-order valence-corrected chi connectivity index (χ3v) is 3.05. The summed E-state index contributed by atoms with van der Waals surface area (Å²) in [6.45, 7) is 0. The lowest BCUT2D eigenvalue weighted by molar-refractivity contribution is -0.121. The largest absolute Gasteiger partial charge is 0.326 e. The van der Waals surface area contributed by atoms with Gasteiger partial charge in [0.25, 0.3) is 0 Å². The first-order valence-corrected chi connectivity index (χ1v) is 7.15. The molecular formula is C17H18N4O2. The summed E-state index contributed by atoms with van der Waals surface area (Å²) < 4.78 is 0. The summed E-state index contributed by atoms with van der Waals surface area (Å²) in [6.07, 6.45) is 1.75. The molecule has 2 aromatic carbocycles. The molecule has 2 amide bonds. The monoisotopic (exact) mass is 310 g/mol. The number of anilines is 2. The molecule has 0 aliphatic heterocycles. The maximum Gasteiger partial charge on any atom is 0.224 e. The highest BCUT2D eigenvalue weighted by Gasteiger charge is 2.07. The first-order chi connectivity index (χ1) is 11.2. The van der Waals surface area contributed by atoms with Crippen LogP contribution in [0.4, 0.5) is 11.4 Å². The Labute approximate surface area is 134 Å². The molecule has 23 heavy (non-hydrogen) atoms. The van der Waals surface area contributed by atoms with Crippen LogP contribution in [0.1, 0.15) is 18.4 Å². The predicted octanol–water partition coefficient (Wildman–Crippen LogP) is 2.34. The van der Waals surface area contributed by atoms with Gasteiger partial charge in [0, 0.05) is 24.2 Å². The Bertz CT molecular complexity index is 681. The van der Waals surface area contributed by atoms with Gasteiger partial charge >= 0.3 is 0 Å². The van der Waals surface area contributed by atoms with E-state index in [-0.39, 0.29) is 24.7 Å². The highest BCUT2D eigenvalue weighted by Crippen LogP contribution is 2.10. The van der Waals surface area contributed by atoms with Crippen LogP contribution in [0.2, 0.25) is 0 Å². The zero-order valence-electron chi connectivity index (χ0n) is 12.5. The molecule has 0 unspecified atom stereocenters. The topological polar surface area (TPSA) is 96.6 Å². The van der Waals surface area contributed by atoms with E-state index in [4.69, 9.17) is 5.84 Å². The van der Waals surface area contributed by atoms with Crippen molar-refractivity contribution in [1.82, 2.24) is 0 Å². The van der Waals surface area contributed by atoms with Gasteiger partial charge < -0.3 is 16.5 Å². The summed E-state index contributed by atoms with van der Waals surface area (Å²) >= 11 is 0. The van der Waals surface area contributed by atoms with Gasteiger partial charge in [0.05, 0.1) is 6.21 Å². The number of nitrogens with zero attached hydrogens (tertiary/aromatic N) is 1. The Morgan fingerprint density at radius 1 is 0.870 bits per heavy atom. The van der Waals surface area contributed by atoms with Gasteiger partial charge in [-0.1, -0.05) is 30.3 Å². The number of hydrogen-bond donors (Lipinski definition) is 3. The van der Waals surface area contributed by atoms with E-state index in [1.165, 1.54) is 6.21 Å². The highest BCUT2D eigenvalue weighted by molar-refractivity contribution is 5.96. The molecule has 0 aliphatic rings. The second-order valence-corrected chi connectivity index (χ2v) is 4.86. The normalized spacial score (nSPS) is 10.4. The van der Waals surface area contributed by atoms with Gasteiger partial charge in [-0.3, -0.25) is 9.59 Å². The molecule has 0 bridgehead atoms. The van der Waals surface area contributed by atoms with Crippen molar-refractivity contribution in [2.45, 2.75) is 12.8 Å². The Balaban J connectivity index is 1.77. The summed E-state index contributed by atoms with van der Waals surface area (Å²) in [5, 5.41) is 8.90. The van der Waals surface area contributed by atoms with Crippen LogP contribution in [0, 0.1) is 0 Å². The average molecular weight is 310 g/mol. The van der Waals surface area contributed by atoms with Crippen molar-refractivity contribution in [3.05, 3.63) is 60.2 Å². The second-order valence-electron chi connectivity index (χ2n) is 4.86. The van der Waals surface area contributed by atoms with Crippen molar-refractivity contribution in [1.29, 1.82) is 0 Å². The summed E-state index contributed by atoms with van der Waals surface area (Å²) in [4.78, 5) is 23.6. The number of benzene rings is 2. The molecule has 2 aromatic rings. The molecule has 0 saturated heterocycles. The van der Waals surface area contributed by atoms with E-state index in [1.54, 1.807) is 36.4 Å². The molecule has 0 saturated carbocycles. The minimum Gasteiger partial charge on any atom is -0.326 e. The minimum absolute atomic E-state index is 0.116. The lowest BCUT2D eigenvalue weighted by Crippen LogP contribution is -2.17. The molecule has 0 aliphatic carbocycles. The highest BCUT2D eigenvalue weighted by atomic mass is 16.2. The third-order valence-electron chi connectivity index (χ3n) is 3.05. The molecule has 0 aromatic heterocycles. The van der Waals surface area contributed by atoms with Crippen LogP contribution in [-0.2, 0) is 9.59 Å². The zero-order valence-corrected chi connectivity index (χ0v) is 12.5. The Kier molecular flexibility index (Phi) is 5.88. The van der Waals surface area contributed by atoms with E-state index in [0.717, 1.165) is 11.3 Å². The van der Waals surface area contributed by atoms with Gasteiger partial charge in [0.1, 0.15) is 0 Å². The first kappa shape index (κ1) is 16.2. The van der Waals surface area contributed by atoms with Crippen molar-refractivity contribution in [2.24, 2.45) is 10.9 Å². The lowest BCUT2D eigenvalue weighted by atomic mass is 10.2. The van der Waals surface area contributed by atoms with E-state index in [2.05, 4.69) is 15.7 Å². The summed E-state index contributed by atoms with van der Waals surface area (Å²) in [5.41, 5.74) is 2.22. The van der Waals surface area contributed by atoms with Crippen LogP contribution in [0.5, 0.6) is 0 Å². The van der Waals surface area contributed by atoms with Gasteiger partial charge in [-0.25, -0.2) is 0 Å². The van der Waals surface area contributed by atoms with Gasteiger partial charge in [-0.15, -0.1) is 0 Å². The molecular weight excluding hydrogens is 292 g/mol. The number of rotatable bonds is 6. The maximum atomic E-state index is 11.8. The van der Waals surface area contributed by atoms with Crippen LogP contribution in [0.15, 0.2) is 59.7 Å². The SMILES string of the molecule is N/N=C/c1ccc(NC(=O)CCC(=O)Nc2ccccc2)cc1. The van der Waals surface area contributed by atoms with E-state index >= 15 is 0 Å². The van der Waals surface area contributed by atoms with Gasteiger partial charge in [-0.05, 0) is 29.8 Å².